The standard InChI is InChI=1S/C11H20N4/c1-6-8-9(12-5)13-7-14-10(8)15-11(2,3)4/h7H,6H2,1-5H3,(H2,12,13,14,15). The van der Waals surface area contributed by atoms with Gasteiger partial charge in [-0.05, 0) is 27.2 Å². The molecule has 0 unspecified atom stereocenters. The van der Waals surface area contributed by atoms with Crippen LogP contribution in [0.15, 0.2) is 6.33 Å². The number of anilines is 2. The highest BCUT2D eigenvalue weighted by Gasteiger charge is 2.14. The second kappa shape index (κ2) is 4.47. The van der Waals surface area contributed by atoms with Gasteiger partial charge in [-0.25, -0.2) is 9.97 Å². The molecule has 0 saturated carbocycles. The Balaban J connectivity index is 3.06. The number of rotatable bonds is 3. The van der Waals surface area contributed by atoms with Crippen LogP contribution in [0, 0.1) is 0 Å². The van der Waals surface area contributed by atoms with Gasteiger partial charge >= 0.3 is 0 Å². The summed E-state index contributed by atoms with van der Waals surface area (Å²) in [6, 6.07) is 0. The Hall–Kier alpha value is -1.32. The highest BCUT2D eigenvalue weighted by Crippen LogP contribution is 2.22. The molecule has 0 aromatic carbocycles. The van der Waals surface area contributed by atoms with Crippen molar-refractivity contribution < 1.29 is 0 Å². The normalized spacial score (nSPS) is 11.3. The van der Waals surface area contributed by atoms with Gasteiger partial charge in [-0.1, -0.05) is 6.92 Å². The Kier molecular flexibility index (Phi) is 3.50. The minimum absolute atomic E-state index is 0.0171. The van der Waals surface area contributed by atoms with Crippen molar-refractivity contribution in [3.63, 3.8) is 0 Å². The lowest BCUT2D eigenvalue weighted by Gasteiger charge is -2.23. The van der Waals surface area contributed by atoms with Crippen LogP contribution in [-0.4, -0.2) is 22.6 Å². The van der Waals surface area contributed by atoms with Crippen LogP contribution >= 0.6 is 0 Å². The zero-order valence-corrected chi connectivity index (χ0v) is 10.2. The summed E-state index contributed by atoms with van der Waals surface area (Å²) in [4.78, 5) is 8.48. The summed E-state index contributed by atoms with van der Waals surface area (Å²) in [5.74, 6) is 1.82. The second-order valence-corrected chi connectivity index (χ2v) is 4.53. The monoisotopic (exact) mass is 208 g/mol. The Labute approximate surface area is 91.5 Å². The number of hydrogen-bond donors (Lipinski definition) is 2. The first-order valence-corrected chi connectivity index (χ1v) is 5.27. The fraction of sp³-hybridized carbons (Fsp3) is 0.636. The van der Waals surface area contributed by atoms with E-state index in [2.05, 4.69) is 48.3 Å². The van der Waals surface area contributed by atoms with Crippen molar-refractivity contribution in [1.29, 1.82) is 0 Å². The van der Waals surface area contributed by atoms with Crippen molar-refractivity contribution in [3.8, 4) is 0 Å². The van der Waals surface area contributed by atoms with E-state index in [4.69, 9.17) is 0 Å². The van der Waals surface area contributed by atoms with E-state index >= 15 is 0 Å². The smallest absolute Gasteiger partial charge is 0.135 e. The molecule has 1 rings (SSSR count). The van der Waals surface area contributed by atoms with E-state index in [9.17, 15) is 0 Å². The van der Waals surface area contributed by atoms with Crippen molar-refractivity contribution in [2.75, 3.05) is 17.7 Å². The highest BCUT2D eigenvalue weighted by molar-refractivity contribution is 5.57. The fourth-order valence-corrected chi connectivity index (χ4v) is 1.43. The van der Waals surface area contributed by atoms with Gasteiger partial charge in [0.1, 0.15) is 18.0 Å². The molecule has 1 aromatic heterocycles. The van der Waals surface area contributed by atoms with E-state index in [-0.39, 0.29) is 5.54 Å². The van der Waals surface area contributed by atoms with E-state index in [1.165, 1.54) is 0 Å². The van der Waals surface area contributed by atoms with Crippen LogP contribution in [0.5, 0.6) is 0 Å². The van der Waals surface area contributed by atoms with Crippen LogP contribution in [-0.2, 0) is 6.42 Å². The number of nitrogens with one attached hydrogen (secondary N) is 2. The molecule has 1 aromatic rings. The topological polar surface area (TPSA) is 49.8 Å². The quantitative estimate of drug-likeness (QED) is 0.800. The van der Waals surface area contributed by atoms with Crippen LogP contribution in [0.2, 0.25) is 0 Å². The molecule has 0 spiro atoms. The lowest BCUT2D eigenvalue weighted by Crippen LogP contribution is -2.27. The molecule has 0 aliphatic carbocycles. The van der Waals surface area contributed by atoms with Crippen LogP contribution in [0.25, 0.3) is 0 Å². The minimum Gasteiger partial charge on any atom is -0.373 e. The van der Waals surface area contributed by atoms with Crippen molar-refractivity contribution in [1.82, 2.24) is 9.97 Å². The summed E-state index contributed by atoms with van der Waals surface area (Å²) in [5.41, 5.74) is 1.15. The number of aromatic nitrogens is 2. The SMILES string of the molecule is CCc1c(NC)ncnc1NC(C)(C)C. The summed E-state index contributed by atoms with van der Waals surface area (Å²) in [6.07, 6.45) is 2.49. The maximum Gasteiger partial charge on any atom is 0.135 e. The van der Waals surface area contributed by atoms with Gasteiger partial charge in [0.05, 0.1) is 0 Å². The molecule has 4 heteroatoms. The fourth-order valence-electron chi connectivity index (χ4n) is 1.43. The first kappa shape index (κ1) is 11.8. The van der Waals surface area contributed by atoms with E-state index < -0.39 is 0 Å². The molecule has 1 heterocycles. The average Bonchev–Trinajstić information content (AvgIpc) is 2.15. The van der Waals surface area contributed by atoms with Gasteiger partial charge in [0.25, 0.3) is 0 Å². The van der Waals surface area contributed by atoms with Crippen molar-refractivity contribution in [3.05, 3.63) is 11.9 Å². The van der Waals surface area contributed by atoms with Crippen LogP contribution in [0.4, 0.5) is 11.6 Å². The van der Waals surface area contributed by atoms with Gasteiger partial charge in [0.2, 0.25) is 0 Å². The number of hydrogen-bond acceptors (Lipinski definition) is 4. The third-order valence-electron chi connectivity index (χ3n) is 2.03. The molecule has 0 amide bonds. The first-order valence-electron chi connectivity index (χ1n) is 5.27. The van der Waals surface area contributed by atoms with Crippen LogP contribution in [0.3, 0.4) is 0 Å². The Morgan fingerprint density at radius 2 is 1.80 bits per heavy atom. The predicted octanol–water partition coefficient (Wildman–Crippen LogP) is 2.29. The van der Waals surface area contributed by atoms with Crippen molar-refractivity contribution >= 4 is 11.6 Å². The van der Waals surface area contributed by atoms with E-state index in [1.807, 2.05) is 7.05 Å². The van der Waals surface area contributed by atoms with E-state index in [0.29, 0.717) is 0 Å². The molecule has 2 N–H and O–H groups in total. The molecule has 0 radical (unpaired) electrons. The predicted molar refractivity (Wildman–Crippen MR) is 64.3 cm³/mol. The zero-order chi connectivity index (χ0) is 11.5. The maximum atomic E-state index is 4.28. The summed E-state index contributed by atoms with van der Waals surface area (Å²) < 4.78 is 0. The molecule has 0 bridgehead atoms. The van der Waals surface area contributed by atoms with Crippen molar-refractivity contribution in [2.24, 2.45) is 0 Å². The first-order chi connectivity index (χ1) is 6.98. The third-order valence-corrected chi connectivity index (χ3v) is 2.03. The Morgan fingerprint density at radius 1 is 1.20 bits per heavy atom. The second-order valence-electron chi connectivity index (χ2n) is 4.53. The molecule has 0 fully saturated rings. The van der Waals surface area contributed by atoms with Gasteiger partial charge in [0.15, 0.2) is 0 Å². The van der Waals surface area contributed by atoms with Crippen molar-refractivity contribution in [2.45, 2.75) is 39.7 Å². The van der Waals surface area contributed by atoms with Gasteiger partial charge in [-0.2, -0.15) is 0 Å². The van der Waals surface area contributed by atoms with Crippen LogP contribution < -0.4 is 10.6 Å². The van der Waals surface area contributed by atoms with Gasteiger partial charge in [-0.3, -0.25) is 0 Å². The minimum atomic E-state index is 0.0171. The molecule has 0 aliphatic heterocycles. The van der Waals surface area contributed by atoms with Gasteiger partial charge in [0, 0.05) is 18.2 Å². The van der Waals surface area contributed by atoms with Gasteiger partial charge < -0.3 is 10.6 Å². The van der Waals surface area contributed by atoms with Gasteiger partial charge in [-0.15, -0.1) is 0 Å². The average molecular weight is 208 g/mol. The molecule has 0 atom stereocenters. The summed E-state index contributed by atoms with van der Waals surface area (Å²) >= 11 is 0. The van der Waals surface area contributed by atoms with E-state index in [1.54, 1.807) is 6.33 Å². The highest BCUT2D eigenvalue weighted by atomic mass is 15.1. The van der Waals surface area contributed by atoms with Crippen LogP contribution in [0.1, 0.15) is 33.3 Å². The maximum absolute atomic E-state index is 4.28. The third kappa shape index (κ3) is 3.08. The molecular weight excluding hydrogens is 188 g/mol. The molecule has 4 nitrogen and oxygen atoms in total. The molecular formula is C11H20N4. The summed E-state index contributed by atoms with van der Waals surface area (Å²) in [5, 5.41) is 6.47. The largest absolute Gasteiger partial charge is 0.373 e. The lowest BCUT2D eigenvalue weighted by atomic mass is 10.1. The molecule has 15 heavy (non-hydrogen) atoms. The Morgan fingerprint density at radius 3 is 2.27 bits per heavy atom. The zero-order valence-electron chi connectivity index (χ0n) is 10.2. The molecule has 84 valence electrons. The van der Waals surface area contributed by atoms with E-state index in [0.717, 1.165) is 23.6 Å². The number of nitrogens with zero attached hydrogens (tertiary/aromatic N) is 2. The molecule has 0 saturated heterocycles. The Bertz CT molecular complexity index is 328. The summed E-state index contributed by atoms with van der Waals surface area (Å²) in [6.45, 7) is 8.46. The summed E-state index contributed by atoms with van der Waals surface area (Å²) in [7, 11) is 1.88. The molecule has 0 aliphatic rings. The lowest BCUT2D eigenvalue weighted by molar-refractivity contribution is 0.628.